The van der Waals surface area contributed by atoms with Gasteiger partial charge in [-0.3, -0.25) is 23.8 Å². The molecule has 4 heterocycles. The zero-order chi connectivity index (χ0) is 20.2. The third-order valence-electron chi connectivity index (χ3n) is 4.15. The van der Waals surface area contributed by atoms with Gasteiger partial charge in [-0.25, -0.2) is 4.98 Å². The van der Waals surface area contributed by atoms with Gasteiger partial charge in [-0.1, -0.05) is 0 Å². The molecule has 29 heavy (non-hydrogen) atoms. The maximum Gasteiger partial charge on any atom is 0.281 e. The minimum absolute atomic E-state index is 0.00973. The van der Waals surface area contributed by atoms with Crippen molar-refractivity contribution in [1.29, 1.82) is 0 Å². The van der Waals surface area contributed by atoms with Crippen molar-refractivity contribution in [2.75, 3.05) is 5.32 Å². The molecule has 0 bridgehead atoms. The Balaban J connectivity index is 1.61. The number of nitrogens with zero attached hydrogens (tertiary/aromatic N) is 3. The van der Waals surface area contributed by atoms with Crippen LogP contribution < -0.4 is 16.2 Å². The number of hydrogen-bond donors (Lipinski definition) is 2. The van der Waals surface area contributed by atoms with Gasteiger partial charge in [0.2, 0.25) is 0 Å². The molecule has 0 spiro atoms. The summed E-state index contributed by atoms with van der Waals surface area (Å²) >= 11 is 0. The van der Waals surface area contributed by atoms with E-state index in [1.807, 2.05) is 0 Å². The van der Waals surface area contributed by atoms with Crippen LogP contribution in [0.1, 0.15) is 26.5 Å². The number of nitrogens with one attached hydrogen (secondary N) is 2. The van der Waals surface area contributed by atoms with Gasteiger partial charge in [-0.2, -0.15) is 0 Å². The van der Waals surface area contributed by atoms with Crippen molar-refractivity contribution in [3.63, 3.8) is 0 Å². The van der Waals surface area contributed by atoms with Gasteiger partial charge >= 0.3 is 0 Å². The van der Waals surface area contributed by atoms with Gasteiger partial charge in [0.1, 0.15) is 11.4 Å². The highest BCUT2D eigenvalue weighted by Gasteiger charge is 2.15. The van der Waals surface area contributed by atoms with Crippen LogP contribution in [0.2, 0.25) is 0 Å². The van der Waals surface area contributed by atoms with Crippen LogP contribution in [0.25, 0.3) is 5.65 Å². The van der Waals surface area contributed by atoms with Crippen molar-refractivity contribution in [1.82, 2.24) is 19.7 Å². The molecular formula is C20H15N5O4. The van der Waals surface area contributed by atoms with Gasteiger partial charge in [0.05, 0.1) is 30.1 Å². The summed E-state index contributed by atoms with van der Waals surface area (Å²) in [4.78, 5) is 45.6. The fraction of sp³-hybridized carbons (Fsp3) is 0.0500. The van der Waals surface area contributed by atoms with Crippen molar-refractivity contribution in [2.45, 2.75) is 6.54 Å². The highest BCUT2D eigenvalue weighted by Crippen LogP contribution is 2.10. The molecule has 0 atom stereocenters. The van der Waals surface area contributed by atoms with E-state index in [0.717, 1.165) is 0 Å². The SMILES string of the molecule is O=C(Nc1cnc2c(C(=O)NCc3ccco3)cccn2c1=O)c1cccnc1. The number of aromatic nitrogens is 3. The van der Waals surface area contributed by atoms with E-state index in [-0.39, 0.29) is 23.4 Å². The minimum Gasteiger partial charge on any atom is -0.467 e. The smallest absolute Gasteiger partial charge is 0.281 e. The zero-order valence-corrected chi connectivity index (χ0v) is 15.0. The van der Waals surface area contributed by atoms with Crippen LogP contribution in [-0.2, 0) is 6.54 Å². The first-order valence-corrected chi connectivity index (χ1v) is 8.66. The zero-order valence-electron chi connectivity index (χ0n) is 15.0. The number of carbonyl (C=O) groups excluding carboxylic acids is 2. The average molecular weight is 389 g/mol. The monoisotopic (exact) mass is 389 g/mol. The van der Waals surface area contributed by atoms with E-state index in [9.17, 15) is 14.4 Å². The van der Waals surface area contributed by atoms with Gasteiger partial charge in [-0.05, 0) is 36.4 Å². The number of rotatable bonds is 5. The highest BCUT2D eigenvalue weighted by atomic mass is 16.3. The molecule has 0 aliphatic carbocycles. The Kier molecular flexibility index (Phi) is 4.85. The minimum atomic E-state index is -0.507. The number of anilines is 1. The van der Waals surface area contributed by atoms with Crippen LogP contribution in [0.5, 0.6) is 0 Å². The number of furan rings is 1. The predicted molar refractivity (Wildman–Crippen MR) is 104 cm³/mol. The lowest BCUT2D eigenvalue weighted by molar-refractivity contribution is 0.0948. The van der Waals surface area contributed by atoms with Crippen LogP contribution in [0.3, 0.4) is 0 Å². The van der Waals surface area contributed by atoms with Crippen LogP contribution in [-0.4, -0.2) is 26.2 Å². The molecule has 9 nitrogen and oxygen atoms in total. The summed E-state index contributed by atoms with van der Waals surface area (Å²) in [6.07, 6.45) is 7.16. The Morgan fingerprint density at radius 1 is 1.07 bits per heavy atom. The number of hydrogen-bond acceptors (Lipinski definition) is 6. The molecule has 4 aromatic heterocycles. The predicted octanol–water partition coefficient (Wildman–Crippen LogP) is 1.86. The van der Waals surface area contributed by atoms with E-state index < -0.39 is 17.4 Å². The Bertz CT molecular complexity index is 1230. The van der Waals surface area contributed by atoms with Gasteiger partial charge in [0, 0.05) is 18.6 Å². The molecule has 0 radical (unpaired) electrons. The fourth-order valence-electron chi connectivity index (χ4n) is 2.74. The average Bonchev–Trinajstić information content (AvgIpc) is 3.28. The second-order valence-electron chi connectivity index (χ2n) is 6.05. The summed E-state index contributed by atoms with van der Waals surface area (Å²) in [6.45, 7) is 0.205. The Labute approximate surface area is 164 Å². The summed E-state index contributed by atoms with van der Waals surface area (Å²) < 4.78 is 6.39. The normalized spacial score (nSPS) is 10.6. The van der Waals surface area contributed by atoms with Crippen molar-refractivity contribution in [3.05, 3.63) is 94.7 Å². The molecule has 0 saturated heterocycles. The Morgan fingerprint density at radius 2 is 1.97 bits per heavy atom. The number of amides is 2. The van der Waals surface area contributed by atoms with Crippen molar-refractivity contribution in [2.24, 2.45) is 0 Å². The van der Waals surface area contributed by atoms with E-state index in [1.165, 1.54) is 29.3 Å². The summed E-state index contributed by atoms with van der Waals surface area (Å²) in [5.41, 5.74) is 0.190. The maximum absolute atomic E-state index is 12.8. The Morgan fingerprint density at radius 3 is 2.72 bits per heavy atom. The summed E-state index contributed by atoms with van der Waals surface area (Å²) in [5.74, 6) is -0.285. The first kappa shape index (κ1) is 18.1. The topological polar surface area (TPSA) is 119 Å². The lowest BCUT2D eigenvalue weighted by atomic mass is 10.2. The fourth-order valence-corrected chi connectivity index (χ4v) is 2.74. The number of carbonyl (C=O) groups is 2. The molecule has 144 valence electrons. The van der Waals surface area contributed by atoms with Gasteiger partial charge in [-0.15, -0.1) is 0 Å². The first-order chi connectivity index (χ1) is 14.1. The lowest BCUT2D eigenvalue weighted by Crippen LogP contribution is -2.27. The van der Waals surface area contributed by atoms with E-state index >= 15 is 0 Å². The van der Waals surface area contributed by atoms with Gasteiger partial charge in [0.15, 0.2) is 5.65 Å². The highest BCUT2D eigenvalue weighted by molar-refractivity contribution is 6.04. The standard InChI is InChI=1S/C20H15N5O4/c26-18(13-4-1-7-21-10-13)24-16-12-22-17-15(6-2-8-25(17)20(16)28)19(27)23-11-14-5-3-9-29-14/h1-10,12H,11H2,(H,23,27)(H,24,26). The third-order valence-corrected chi connectivity index (χ3v) is 4.15. The van der Waals surface area contributed by atoms with Crippen molar-refractivity contribution >= 4 is 23.1 Å². The summed E-state index contributed by atoms with van der Waals surface area (Å²) in [5, 5.41) is 5.24. The van der Waals surface area contributed by atoms with E-state index in [0.29, 0.717) is 11.3 Å². The molecule has 0 aliphatic rings. The van der Waals surface area contributed by atoms with Crippen LogP contribution in [0.4, 0.5) is 5.69 Å². The van der Waals surface area contributed by atoms with E-state index in [4.69, 9.17) is 4.42 Å². The van der Waals surface area contributed by atoms with Crippen molar-refractivity contribution in [3.8, 4) is 0 Å². The molecule has 4 rings (SSSR count). The molecule has 0 unspecified atom stereocenters. The van der Waals surface area contributed by atoms with E-state index in [1.54, 1.807) is 42.6 Å². The first-order valence-electron chi connectivity index (χ1n) is 8.66. The van der Waals surface area contributed by atoms with Gasteiger partial charge in [0.25, 0.3) is 17.4 Å². The van der Waals surface area contributed by atoms with Crippen LogP contribution >= 0.6 is 0 Å². The molecular weight excluding hydrogens is 374 g/mol. The molecule has 2 amide bonds. The van der Waals surface area contributed by atoms with Crippen molar-refractivity contribution < 1.29 is 14.0 Å². The second-order valence-corrected chi connectivity index (χ2v) is 6.05. The lowest BCUT2D eigenvalue weighted by Gasteiger charge is -2.09. The summed E-state index contributed by atoms with van der Waals surface area (Å²) in [7, 11) is 0. The molecule has 0 fully saturated rings. The molecule has 4 aromatic rings. The third kappa shape index (κ3) is 3.74. The molecule has 0 aromatic carbocycles. The van der Waals surface area contributed by atoms with Crippen LogP contribution in [0.15, 0.2) is 76.7 Å². The van der Waals surface area contributed by atoms with E-state index in [2.05, 4.69) is 20.6 Å². The molecule has 9 heteroatoms. The molecule has 2 N–H and O–H groups in total. The molecule has 0 aliphatic heterocycles. The maximum atomic E-state index is 12.8. The Hall–Kier alpha value is -4.27. The summed E-state index contributed by atoms with van der Waals surface area (Å²) in [6, 6.07) is 9.78. The van der Waals surface area contributed by atoms with Gasteiger partial charge < -0.3 is 15.1 Å². The number of fused-ring (bicyclic) bond motifs is 1. The second kappa shape index (κ2) is 7.77. The molecule has 0 saturated carbocycles. The quantitative estimate of drug-likeness (QED) is 0.538. The van der Waals surface area contributed by atoms with Crippen LogP contribution in [0, 0.1) is 0 Å². The number of pyridine rings is 2. The largest absolute Gasteiger partial charge is 0.467 e.